The first-order valence-corrected chi connectivity index (χ1v) is 6.19. The summed E-state index contributed by atoms with van der Waals surface area (Å²) in [6.45, 7) is 1.64. The fraction of sp³-hybridized carbons (Fsp3) is 0.0714. The van der Waals surface area contributed by atoms with E-state index in [9.17, 15) is 18.0 Å². The molecule has 0 atom stereocenters. The predicted molar refractivity (Wildman–Crippen MR) is 74.9 cm³/mol. The SMILES string of the molecule is Cc1cc(N)c(Cl)cc1NC(=O)c1c(F)cc(F)cc1F. The van der Waals surface area contributed by atoms with Crippen LogP contribution < -0.4 is 11.1 Å². The smallest absolute Gasteiger partial charge is 0.261 e. The Hall–Kier alpha value is -2.21. The zero-order valence-corrected chi connectivity index (χ0v) is 11.6. The molecule has 0 aliphatic heterocycles. The van der Waals surface area contributed by atoms with Crippen molar-refractivity contribution < 1.29 is 18.0 Å². The van der Waals surface area contributed by atoms with Crippen molar-refractivity contribution in [2.75, 3.05) is 11.1 Å². The van der Waals surface area contributed by atoms with E-state index in [4.69, 9.17) is 17.3 Å². The number of nitrogen functional groups attached to an aromatic ring is 1. The number of nitrogens with two attached hydrogens (primary N) is 1. The number of carbonyl (C=O) groups excluding carboxylic acids is 1. The van der Waals surface area contributed by atoms with Crippen LogP contribution in [0.4, 0.5) is 24.5 Å². The lowest BCUT2D eigenvalue weighted by atomic mass is 10.1. The fourth-order valence-corrected chi connectivity index (χ4v) is 1.95. The third kappa shape index (κ3) is 3.11. The monoisotopic (exact) mass is 314 g/mol. The maximum atomic E-state index is 13.5. The van der Waals surface area contributed by atoms with Gasteiger partial charge in [-0.1, -0.05) is 11.6 Å². The van der Waals surface area contributed by atoms with Gasteiger partial charge in [-0.15, -0.1) is 0 Å². The zero-order valence-electron chi connectivity index (χ0n) is 10.8. The molecule has 0 aliphatic carbocycles. The molecule has 21 heavy (non-hydrogen) atoms. The lowest BCUT2D eigenvalue weighted by Gasteiger charge is -2.11. The predicted octanol–water partition coefficient (Wildman–Crippen LogP) is 3.90. The third-order valence-corrected chi connectivity index (χ3v) is 3.15. The Morgan fingerprint density at radius 1 is 1.14 bits per heavy atom. The van der Waals surface area contributed by atoms with Crippen LogP contribution in [0.25, 0.3) is 0 Å². The van der Waals surface area contributed by atoms with Gasteiger partial charge in [0.15, 0.2) is 0 Å². The number of hydrogen-bond acceptors (Lipinski definition) is 2. The van der Waals surface area contributed by atoms with Gasteiger partial charge in [-0.2, -0.15) is 0 Å². The first-order valence-electron chi connectivity index (χ1n) is 5.81. The Bertz CT molecular complexity index is 711. The van der Waals surface area contributed by atoms with Crippen LogP contribution in [-0.2, 0) is 0 Å². The summed E-state index contributed by atoms with van der Waals surface area (Å²) in [4.78, 5) is 11.9. The molecule has 0 fully saturated rings. The normalized spacial score (nSPS) is 10.5. The maximum absolute atomic E-state index is 13.5. The molecule has 110 valence electrons. The molecule has 0 radical (unpaired) electrons. The molecule has 0 aromatic heterocycles. The van der Waals surface area contributed by atoms with Gasteiger partial charge in [-0.25, -0.2) is 13.2 Å². The van der Waals surface area contributed by atoms with E-state index >= 15 is 0 Å². The van der Waals surface area contributed by atoms with Gasteiger partial charge in [-0.3, -0.25) is 4.79 Å². The molecule has 2 aromatic rings. The number of hydrogen-bond donors (Lipinski definition) is 2. The van der Waals surface area contributed by atoms with Gasteiger partial charge in [0.05, 0.1) is 10.7 Å². The summed E-state index contributed by atoms with van der Waals surface area (Å²) < 4.78 is 39.9. The van der Waals surface area contributed by atoms with Gasteiger partial charge in [0.25, 0.3) is 5.91 Å². The molecule has 7 heteroatoms. The molecule has 0 unspecified atom stereocenters. The maximum Gasteiger partial charge on any atom is 0.261 e. The zero-order chi connectivity index (χ0) is 15.7. The van der Waals surface area contributed by atoms with Crippen molar-refractivity contribution in [2.45, 2.75) is 6.92 Å². The molecular weight excluding hydrogens is 305 g/mol. The van der Waals surface area contributed by atoms with Gasteiger partial charge in [-0.05, 0) is 24.6 Å². The lowest BCUT2D eigenvalue weighted by molar-refractivity contribution is 0.101. The van der Waals surface area contributed by atoms with E-state index in [1.165, 1.54) is 12.1 Å². The van der Waals surface area contributed by atoms with Crippen molar-refractivity contribution in [1.82, 2.24) is 0 Å². The molecule has 2 rings (SSSR count). The van der Waals surface area contributed by atoms with Gasteiger partial charge in [0, 0.05) is 17.8 Å². The van der Waals surface area contributed by atoms with E-state index in [-0.39, 0.29) is 10.7 Å². The van der Waals surface area contributed by atoms with Crippen molar-refractivity contribution in [3.8, 4) is 0 Å². The average Bonchev–Trinajstić information content (AvgIpc) is 2.34. The highest BCUT2D eigenvalue weighted by Gasteiger charge is 2.20. The van der Waals surface area contributed by atoms with Crippen molar-refractivity contribution >= 4 is 28.9 Å². The molecule has 3 nitrogen and oxygen atoms in total. The Labute approximate surface area is 123 Å². The van der Waals surface area contributed by atoms with Crippen LogP contribution >= 0.6 is 11.6 Å². The highest BCUT2D eigenvalue weighted by Crippen LogP contribution is 2.27. The second-order valence-corrected chi connectivity index (χ2v) is 4.79. The summed E-state index contributed by atoms with van der Waals surface area (Å²) in [7, 11) is 0. The summed E-state index contributed by atoms with van der Waals surface area (Å²) in [6, 6.07) is 3.74. The fourth-order valence-electron chi connectivity index (χ4n) is 1.78. The van der Waals surface area contributed by atoms with Crippen molar-refractivity contribution in [2.24, 2.45) is 0 Å². The number of benzene rings is 2. The van der Waals surface area contributed by atoms with Crippen LogP contribution in [0.2, 0.25) is 5.02 Å². The highest BCUT2D eigenvalue weighted by molar-refractivity contribution is 6.33. The van der Waals surface area contributed by atoms with Crippen LogP contribution in [0, 0.1) is 24.4 Å². The van der Waals surface area contributed by atoms with E-state index in [2.05, 4.69) is 5.32 Å². The molecule has 2 aromatic carbocycles. The number of carbonyl (C=O) groups is 1. The molecule has 0 saturated heterocycles. The minimum Gasteiger partial charge on any atom is -0.398 e. The summed E-state index contributed by atoms with van der Waals surface area (Å²) in [5, 5.41) is 2.50. The van der Waals surface area contributed by atoms with Crippen molar-refractivity contribution in [3.05, 3.63) is 57.9 Å². The molecule has 3 N–H and O–H groups in total. The minimum atomic E-state index is -1.29. The van der Waals surface area contributed by atoms with Crippen LogP contribution in [0.1, 0.15) is 15.9 Å². The quantitative estimate of drug-likeness (QED) is 0.826. The van der Waals surface area contributed by atoms with Crippen LogP contribution in [0.3, 0.4) is 0 Å². The molecular formula is C14H10ClF3N2O. The van der Waals surface area contributed by atoms with E-state index < -0.39 is 28.9 Å². The van der Waals surface area contributed by atoms with Crippen molar-refractivity contribution in [1.29, 1.82) is 0 Å². The Morgan fingerprint density at radius 2 is 1.71 bits per heavy atom. The summed E-state index contributed by atoms with van der Waals surface area (Å²) in [6.07, 6.45) is 0. The second kappa shape index (κ2) is 5.65. The number of amides is 1. The topological polar surface area (TPSA) is 55.1 Å². The third-order valence-electron chi connectivity index (χ3n) is 2.83. The molecule has 0 spiro atoms. The molecule has 0 saturated carbocycles. The Balaban J connectivity index is 2.37. The van der Waals surface area contributed by atoms with Gasteiger partial charge in [0.2, 0.25) is 0 Å². The van der Waals surface area contributed by atoms with E-state index in [0.717, 1.165) is 0 Å². The van der Waals surface area contributed by atoms with Gasteiger partial charge >= 0.3 is 0 Å². The first-order chi connectivity index (χ1) is 9.79. The second-order valence-electron chi connectivity index (χ2n) is 4.39. The van der Waals surface area contributed by atoms with Crippen LogP contribution in [-0.4, -0.2) is 5.91 Å². The Morgan fingerprint density at radius 3 is 2.29 bits per heavy atom. The van der Waals surface area contributed by atoms with E-state index in [0.29, 0.717) is 23.4 Å². The Kier molecular flexibility index (Phi) is 4.09. The largest absolute Gasteiger partial charge is 0.398 e. The van der Waals surface area contributed by atoms with E-state index in [1.807, 2.05) is 0 Å². The van der Waals surface area contributed by atoms with Crippen LogP contribution in [0.5, 0.6) is 0 Å². The molecule has 1 amide bonds. The number of nitrogens with one attached hydrogen (secondary N) is 1. The van der Waals surface area contributed by atoms with E-state index in [1.54, 1.807) is 6.92 Å². The number of aryl methyl sites for hydroxylation is 1. The van der Waals surface area contributed by atoms with Crippen LogP contribution in [0.15, 0.2) is 24.3 Å². The molecule has 0 aliphatic rings. The van der Waals surface area contributed by atoms with Gasteiger partial charge in [0.1, 0.15) is 23.0 Å². The standard InChI is InChI=1S/C14H10ClF3N2O/c1-6-2-11(19)8(15)5-12(6)20-14(21)13-9(17)3-7(16)4-10(13)18/h2-5H,19H2,1H3,(H,20,21). The molecule has 0 bridgehead atoms. The van der Waals surface area contributed by atoms with Gasteiger partial charge < -0.3 is 11.1 Å². The summed E-state index contributed by atoms with van der Waals surface area (Å²) in [5.41, 5.74) is 5.85. The average molecular weight is 315 g/mol. The number of anilines is 2. The summed E-state index contributed by atoms with van der Waals surface area (Å²) >= 11 is 5.82. The lowest BCUT2D eigenvalue weighted by Crippen LogP contribution is -2.17. The number of rotatable bonds is 2. The van der Waals surface area contributed by atoms with Crippen molar-refractivity contribution in [3.63, 3.8) is 0 Å². The minimum absolute atomic E-state index is 0.191. The number of halogens is 4. The molecule has 0 heterocycles. The first kappa shape index (κ1) is 15.2. The highest BCUT2D eigenvalue weighted by atomic mass is 35.5. The summed E-state index contributed by atoms with van der Waals surface area (Å²) in [5.74, 6) is -4.73.